The lowest BCUT2D eigenvalue weighted by atomic mass is 9.94. The zero-order valence-electron chi connectivity index (χ0n) is 20.9. The predicted octanol–water partition coefficient (Wildman–Crippen LogP) is 4.90. The Balaban J connectivity index is 1.93. The molecule has 1 unspecified atom stereocenters. The van der Waals surface area contributed by atoms with E-state index in [0.29, 0.717) is 11.3 Å². The first-order valence-corrected chi connectivity index (χ1v) is 11.7. The second-order valence-corrected chi connectivity index (χ2v) is 8.97. The van der Waals surface area contributed by atoms with Gasteiger partial charge in [-0.3, -0.25) is 14.5 Å². The molecule has 37 heavy (non-hydrogen) atoms. The van der Waals surface area contributed by atoms with Crippen LogP contribution in [0.25, 0.3) is 5.76 Å². The summed E-state index contributed by atoms with van der Waals surface area (Å²) >= 11 is 0. The summed E-state index contributed by atoms with van der Waals surface area (Å²) in [5.41, 5.74) is 1.88. The summed E-state index contributed by atoms with van der Waals surface area (Å²) in [6.07, 6.45) is -0.341. The minimum absolute atomic E-state index is 0.000479. The quantitative estimate of drug-likeness (QED) is 0.214. The summed E-state index contributed by atoms with van der Waals surface area (Å²) in [5, 5.41) is 21.2. The van der Waals surface area contributed by atoms with Gasteiger partial charge in [0.1, 0.15) is 17.3 Å². The smallest absolute Gasteiger partial charge is 0.338 e. The van der Waals surface area contributed by atoms with E-state index >= 15 is 0 Å². The Morgan fingerprint density at radius 3 is 2.35 bits per heavy atom. The highest BCUT2D eigenvalue weighted by molar-refractivity contribution is 6.51. The van der Waals surface area contributed by atoms with Crippen LogP contribution in [0.2, 0.25) is 0 Å². The van der Waals surface area contributed by atoms with E-state index in [1.54, 1.807) is 62.4 Å². The topological polar surface area (TPSA) is 113 Å². The summed E-state index contributed by atoms with van der Waals surface area (Å²) in [6, 6.07) is 16.3. The maximum atomic E-state index is 13.4. The van der Waals surface area contributed by atoms with Crippen molar-refractivity contribution in [2.75, 3.05) is 12.0 Å². The minimum atomic E-state index is -1.04. The molecule has 0 aliphatic carbocycles. The van der Waals surface area contributed by atoms with Crippen molar-refractivity contribution in [1.29, 1.82) is 0 Å². The molecule has 0 aromatic heterocycles. The molecule has 1 saturated heterocycles. The van der Waals surface area contributed by atoms with Gasteiger partial charge >= 0.3 is 5.97 Å². The van der Waals surface area contributed by atoms with Crippen LogP contribution >= 0.6 is 0 Å². The fourth-order valence-electron chi connectivity index (χ4n) is 4.29. The van der Waals surface area contributed by atoms with Crippen molar-refractivity contribution in [3.05, 3.63) is 94.6 Å². The number of ether oxygens (including phenoxy) is 2. The zero-order valence-corrected chi connectivity index (χ0v) is 20.9. The van der Waals surface area contributed by atoms with E-state index in [2.05, 4.69) is 0 Å². The number of aryl methyl sites for hydroxylation is 1. The number of hydrogen-bond donors (Lipinski definition) is 2. The molecular formula is C29H27NO7. The van der Waals surface area contributed by atoms with Crippen LogP contribution < -0.4 is 9.64 Å². The number of phenolic OH excluding ortho intramolecular Hbond substituents is 1. The maximum Gasteiger partial charge on any atom is 0.338 e. The monoisotopic (exact) mass is 501 g/mol. The van der Waals surface area contributed by atoms with Crippen LogP contribution in [0, 0.1) is 6.92 Å². The lowest BCUT2D eigenvalue weighted by molar-refractivity contribution is -0.132. The van der Waals surface area contributed by atoms with E-state index in [1.807, 2.05) is 6.92 Å². The van der Waals surface area contributed by atoms with Crippen molar-refractivity contribution in [1.82, 2.24) is 0 Å². The number of amides is 1. The number of nitrogens with zero attached hydrogens (tertiary/aromatic N) is 1. The summed E-state index contributed by atoms with van der Waals surface area (Å²) in [7, 11) is 1.44. The van der Waals surface area contributed by atoms with Gasteiger partial charge in [0.25, 0.3) is 11.7 Å². The first kappa shape index (κ1) is 25.5. The molecule has 0 radical (unpaired) electrons. The van der Waals surface area contributed by atoms with Crippen LogP contribution in [0.5, 0.6) is 11.5 Å². The number of carbonyl (C=O) groups is 3. The van der Waals surface area contributed by atoms with Gasteiger partial charge in [0.05, 0.1) is 36.0 Å². The Bertz CT molecular complexity index is 1410. The Morgan fingerprint density at radius 1 is 1.00 bits per heavy atom. The number of esters is 1. The van der Waals surface area contributed by atoms with Gasteiger partial charge in [-0.2, -0.15) is 0 Å². The van der Waals surface area contributed by atoms with Crippen molar-refractivity contribution in [2.24, 2.45) is 0 Å². The molecule has 1 aliphatic rings. The molecule has 8 nitrogen and oxygen atoms in total. The molecule has 0 saturated carbocycles. The third kappa shape index (κ3) is 4.91. The van der Waals surface area contributed by atoms with Crippen molar-refractivity contribution in [3.63, 3.8) is 0 Å². The highest BCUT2D eigenvalue weighted by atomic mass is 16.5. The van der Waals surface area contributed by atoms with Gasteiger partial charge in [0.15, 0.2) is 0 Å². The summed E-state index contributed by atoms with van der Waals surface area (Å²) < 4.78 is 10.7. The molecule has 0 bridgehead atoms. The number of anilines is 1. The average Bonchev–Trinajstić information content (AvgIpc) is 3.14. The lowest BCUT2D eigenvalue weighted by Gasteiger charge is -2.26. The molecule has 3 aromatic rings. The first-order valence-electron chi connectivity index (χ1n) is 11.7. The van der Waals surface area contributed by atoms with Gasteiger partial charge in [-0.1, -0.05) is 29.8 Å². The SMILES string of the molecule is COc1ccc(C)cc1/C(O)=C1\C(=O)C(=O)N(c2cccc(C(=O)OC(C)C)c2)C1c1ccc(O)cc1. The van der Waals surface area contributed by atoms with E-state index in [-0.39, 0.29) is 34.2 Å². The molecule has 0 spiro atoms. The number of aliphatic hydroxyl groups is 1. The van der Waals surface area contributed by atoms with Crippen LogP contribution in [0.3, 0.4) is 0 Å². The number of carbonyl (C=O) groups excluding carboxylic acids is 3. The van der Waals surface area contributed by atoms with Crippen LogP contribution in [0.1, 0.15) is 46.9 Å². The lowest BCUT2D eigenvalue weighted by Crippen LogP contribution is -2.29. The molecule has 1 aliphatic heterocycles. The van der Waals surface area contributed by atoms with E-state index < -0.39 is 29.5 Å². The summed E-state index contributed by atoms with van der Waals surface area (Å²) in [6.45, 7) is 5.28. The van der Waals surface area contributed by atoms with Crippen LogP contribution in [0.4, 0.5) is 5.69 Å². The number of Topliss-reactive ketones (excluding diaryl/α,β-unsaturated/α-hetero) is 1. The van der Waals surface area contributed by atoms with E-state index in [0.717, 1.165) is 5.56 Å². The number of aromatic hydroxyl groups is 1. The fourth-order valence-corrected chi connectivity index (χ4v) is 4.29. The molecular weight excluding hydrogens is 474 g/mol. The molecule has 1 heterocycles. The third-order valence-electron chi connectivity index (χ3n) is 5.97. The van der Waals surface area contributed by atoms with Crippen molar-refractivity contribution in [2.45, 2.75) is 32.9 Å². The number of rotatable bonds is 6. The van der Waals surface area contributed by atoms with E-state index in [1.165, 1.54) is 30.2 Å². The normalized spacial score (nSPS) is 16.8. The highest BCUT2D eigenvalue weighted by Gasteiger charge is 2.47. The third-order valence-corrected chi connectivity index (χ3v) is 5.97. The number of hydrogen-bond acceptors (Lipinski definition) is 7. The molecule has 1 amide bonds. The van der Waals surface area contributed by atoms with Gasteiger partial charge in [-0.25, -0.2) is 4.79 Å². The molecule has 1 atom stereocenters. The van der Waals surface area contributed by atoms with Crippen molar-refractivity contribution >= 4 is 29.1 Å². The van der Waals surface area contributed by atoms with Crippen LogP contribution in [0.15, 0.2) is 72.3 Å². The Hall–Kier alpha value is -4.59. The zero-order chi connectivity index (χ0) is 26.9. The molecule has 1 fully saturated rings. The number of ketones is 1. The van der Waals surface area contributed by atoms with Crippen molar-refractivity contribution < 1.29 is 34.1 Å². The van der Waals surface area contributed by atoms with E-state index in [9.17, 15) is 24.6 Å². The highest BCUT2D eigenvalue weighted by Crippen LogP contribution is 2.43. The number of methoxy groups -OCH3 is 1. The first-order chi connectivity index (χ1) is 17.6. The van der Waals surface area contributed by atoms with Gasteiger partial charge in [-0.05, 0) is 68.8 Å². The minimum Gasteiger partial charge on any atom is -0.508 e. The van der Waals surface area contributed by atoms with Gasteiger partial charge < -0.3 is 19.7 Å². The average molecular weight is 502 g/mol. The largest absolute Gasteiger partial charge is 0.508 e. The van der Waals surface area contributed by atoms with Crippen molar-refractivity contribution in [3.8, 4) is 11.5 Å². The Labute approximate surface area is 214 Å². The van der Waals surface area contributed by atoms with Gasteiger partial charge in [0.2, 0.25) is 0 Å². The predicted molar refractivity (Wildman–Crippen MR) is 138 cm³/mol. The van der Waals surface area contributed by atoms with Crippen LogP contribution in [-0.4, -0.2) is 41.1 Å². The standard InChI is InChI=1S/C29H27NO7/c1-16(2)37-29(35)19-6-5-7-20(15-19)30-25(18-9-11-21(31)12-10-18)24(27(33)28(30)34)26(32)22-14-17(3)8-13-23(22)36-4/h5-16,25,31-32H,1-4H3/b26-24+. The second kappa shape index (κ2) is 10.2. The summed E-state index contributed by atoms with van der Waals surface area (Å²) in [5.74, 6) is -2.40. The van der Waals surface area contributed by atoms with Gasteiger partial charge in [0, 0.05) is 5.69 Å². The fraction of sp³-hybridized carbons (Fsp3) is 0.207. The van der Waals surface area contributed by atoms with E-state index in [4.69, 9.17) is 9.47 Å². The summed E-state index contributed by atoms with van der Waals surface area (Å²) in [4.78, 5) is 40.6. The maximum absolute atomic E-state index is 13.4. The number of benzene rings is 3. The molecule has 190 valence electrons. The molecule has 2 N–H and O–H groups in total. The Morgan fingerprint density at radius 2 is 1.70 bits per heavy atom. The Kier molecular flexibility index (Phi) is 7.02. The molecule has 8 heteroatoms. The number of aliphatic hydroxyl groups excluding tert-OH is 1. The van der Waals surface area contributed by atoms with Crippen LogP contribution in [-0.2, 0) is 14.3 Å². The molecule has 3 aromatic carbocycles. The molecule has 4 rings (SSSR count). The number of phenols is 1. The second-order valence-electron chi connectivity index (χ2n) is 8.97. The van der Waals surface area contributed by atoms with Gasteiger partial charge in [-0.15, -0.1) is 0 Å².